The van der Waals surface area contributed by atoms with E-state index < -0.39 is 34.0 Å². The molecular weight excluding hydrogens is 578 g/mol. The summed E-state index contributed by atoms with van der Waals surface area (Å²) in [5.41, 5.74) is 2.77. The number of cyclic esters (lactones) is 1. The zero-order chi connectivity index (χ0) is 29.9. The van der Waals surface area contributed by atoms with Crippen LogP contribution in [0.15, 0.2) is 67.0 Å². The normalized spacial score (nSPS) is 18.8. The number of ether oxygens (including phenoxy) is 1. The number of rotatable bonds is 9. The third kappa shape index (κ3) is 6.74. The van der Waals surface area contributed by atoms with Crippen LogP contribution in [0.25, 0.3) is 11.1 Å². The van der Waals surface area contributed by atoms with Crippen LogP contribution in [0.1, 0.15) is 19.4 Å². The lowest BCUT2D eigenvalue weighted by Gasteiger charge is -2.35. The van der Waals surface area contributed by atoms with E-state index in [1.807, 2.05) is 59.5 Å². The summed E-state index contributed by atoms with van der Waals surface area (Å²) in [6.07, 6.45) is 3.20. The Balaban J connectivity index is 1.22. The van der Waals surface area contributed by atoms with E-state index in [1.165, 1.54) is 4.31 Å². The molecule has 222 valence electrons. The number of carbonyl (C=O) groups is 2. The number of imide groups is 1. The molecule has 3 heterocycles. The predicted molar refractivity (Wildman–Crippen MR) is 161 cm³/mol. The molecule has 3 aromatic rings. The molecule has 2 atom stereocenters. The van der Waals surface area contributed by atoms with Crippen LogP contribution in [0.4, 0.5) is 10.7 Å². The first kappa shape index (κ1) is 29.9. The highest BCUT2D eigenvalue weighted by Crippen LogP contribution is 2.26. The van der Waals surface area contributed by atoms with Gasteiger partial charge in [-0.05, 0) is 35.6 Å². The molecule has 0 bridgehead atoms. The summed E-state index contributed by atoms with van der Waals surface area (Å²) >= 11 is 5.97. The van der Waals surface area contributed by atoms with Crippen LogP contribution < -0.4 is 4.90 Å². The standard InChI is InChI=1S/C30H34ClN5O5S/c1-21(2)27(28(37)36-26(19-41-30(36)38)16-22-6-4-3-5-7-22)20-42(39,40)35-14-12-34(13-15-35)29-32-17-24(18-33-29)23-8-10-25(31)11-9-23/h3-11,17-18,21,26-27H,12-16,19-20H2,1-2H3. The Morgan fingerprint density at radius 2 is 1.62 bits per heavy atom. The number of hydrogen-bond acceptors (Lipinski definition) is 8. The number of nitrogens with zero attached hydrogens (tertiary/aromatic N) is 5. The van der Waals surface area contributed by atoms with E-state index in [4.69, 9.17) is 16.3 Å². The Kier molecular flexibility index (Phi) is 9.10. The van der Waals surface area contributed by atoms with Crippen molar-refractivity contribution >= 4 is 39.6 Å². The van der Waals surface area contributed by atoms with E-state index >= 15 is 0 Å². The molecule has 0 saturated carbocycles. The molecule has 2 fully saturated rings. The molecule has 1 aromatic heterocycles. The van der Waals surface area contributed by atoms with Gasteiger partial charge in [-0.15, -0.1) is 0 Å². The molecule has 2 saturated heterocycles. The lowest BCUT2D eigenvalue weighted by atomic mass is 9.95. The van der Waals surface area contributed by atoms with Crippen molar-refractivity contribution in [1.29, 1.82) is 0 Å². The van der Waals surface area contributed by atoms with Gasteiger partial charge in [0.15, 0.2) is 0 Å². The van der Waals surface area contributed by atoms with E-state index in [0.717, 1.165) is 21.6 Å². The third-order valence-corrected chi connectivity index (χ3v) is 9.94. The van der Waals surface area contributed by atoms with Crippen LogP contribution in [0.3, 0.4) is 0 Å². The first-order valence-electron chi connectivity index (χ1n) is 14.0. The number of anilines is 1. The summed E-state index contributed by atoms with van der Waals surface area (Å²) in [7, 11) is -3.79. The molecule has 12 heteroatoms. The number of piperazine rings is 1. The number of aromatic nitrogens is 2. The molecule has 2 aliphatic rings. The van der Waals surface area contributed by atoms with Crippen molar-refractivity contribution in [3.8, 4) is 11.1 Å². The van der Waals surface area contributed by atoms with Crippen molar-refractivity contribution in [2.75, 3.05) is 43.4 Å². The molecule has 2 aromatic carbocycles. The molecule has 0 radical (unpaired) electrons. The number of carbonyl (C=O) groups excluding carboxylic acids is 2. The minimum Gasteiger partial charge on any atom is -0.447 e. The van der Waals surface area contributed by atoms with Gasteiger partial charge in [0.2, 0.25) is 21.9 Å². The number of benzene rings is 2. The van der Waals surface area contributed by atoms with E-state index in [9.17, 15) is 18.0 Å². The molecule has 2 aliphatic heterocycles. The Hall–Kier alpha value is -3.54. The summed E-state index contributed by atoms with van der Waals surface area (Å²) in [5, 5.41) is 0.652. The SMILES string of the molecule is CC(C)C(CS(=O)(=O)N1CCN(c2ncc(-c3ccc(Cl)cc3)cn2)CC1)C(=O)N1C(=O)OCC1Cc1ccccc1. The van der Waals surface area contributed by atoms with Gasteiger partial charge in [0.25, 0.3) is 0 Å². The molecule has 42 heavy (non-hydrogen) atoms. The van der Waals surface area contributed by atoms with Gasteiger partial charge < -0.3 is 9.64 Å². The van der Waals surface area contributed by atoms with Gasteiger partial charge in [0.05, 0.1) is 17.7 Å². The van der Waals surface area contributed by atoms with Crippen LogP contribution in [-0.2, 0) is 26.0 Å². The van der Waals surface area contributed by atoms with Crippen LogP contribution >= 0.6 is 11.6 Å². The Morgan fingerprint density at radius 1 is 0.976 bits per heavy atom. The topological polar surface area (TPSA) is 113 Å². The van der Waals surface area contributed by atoms with Crippen molar-refractivity contribution in [3.05, 3.63) is 77.6 Å². The molecule has 0 N–H and O–H groups in total. The fraction of sp³-hybridized carbons (Fsp3) is 0.400. The minimum absolute atomic E-state index is 0.0851. The van der Waals surface area contributed by atoms with Gasteiger partial charge >= 0.3 is 6.09 Å². The van der Waals surface area contributed by atoms with Crippen LogP contribution in [-0.4, -0.2) is 84.2 Å². The fourth-order valence-corrected chi connectivity index (χ4v) is 7.31. The lowest BCUT2D eigenvalue weighted by Crippen LogP contribution is -2.52. The maximum absolute atomic E-state index is 13.7. The van der Waals surface area contributed by atoms with Crippen molar-refractivity contribution in [2.45, 2.75) is 26.3 Å². The van der Waals surface area contributed by atoms with Gasteiger partial charge in [-0.1, -0.05) is 67.9 Å². The summed E-state index contributed by atoms with van der Waals surface area (Å²) in [4.78, 5) is 38.3. The minimum atomic E-state index is -3.79. The predicted octanol–water partition coefficient (Wildman–Crippen LogP) is 4.11. The second kappa shape index (κ2) is 12.8. The molecule has 10 nitrogen and oxygen atoms in total. The second-order valence-electron chi connectivity index (χ2n) is 10.9. The molecule has 5 rings (SSSR count). The molecule has 0 aliphatic carbocycles. The Bertz CT molecular complexity index is 1500. The van der Waals surface area contributed by atoms with Gasteiger partial charge in [0, 0.05) is 49.2 Å². The number of sulfonamides is 1. The van der Waals surface area contributed by atoms with Crippen LogP contribution in [0.5, 0.6) is 0 Å². The highest BCUT2D eigenvalue weighted by molar-refractivity contribution is 7.89. The molecule has 2 amide bonds. The summed E-state index contributed by atoms with van der Waals surface area (Å²) in [5.74, 6) is -1.55. The Labute approximate surface area is 251 Å². The average molecular weight is 612 g/mol. The first-order valence-corrected chi connectivity index (χ1v) is 16.0. The smallest absolute Gasteiger partial charge is 0.416 e. The van der Waals surface area contributed by atoms with Gasteiger partial charge in [-0.25, -0.2) is 28.1 Å². The first-order chi connectivity index (χ1) is 20.1. The van der Waals surface area contributed by atoms with Crippen LogP contribution in [0, 0.1) is 11.8 Å². The highest BCUT2D eigenvalue weighted by atomic mass is 35.5. The monoisotopic (exact) mass is 611 g/mol. The molecular formula is C30H34ClN5O5S. The van der Waals surface area contributed by atoms with E-state index in [-0.39, 0.29) is 31.4 Å². The largest absolute Gasteiger partial charge is 0.447 e. The van der Waals surface area contributed by atoms with Gasteiger partial charge in [-0.2, -0.15) is 4.31 Å². The molecule has 0 spiro atoms. The number of halogens is 1. The zero-order valence-electron chi connectivity index (χ0n) is 23.6. The number of hydrogen-bond donors (Lipinski definition) is 0. The fourth-order valence-electron chi connectivity index (χ4n) is 5.27. The average Bonchev–Trinajstić information content (AvgIpc) is 3.36. The third-order valence-electron chi connectivity index (χ3n) is 7.76. The van der Waals surface area contributed by atoms with E-state index in [1.54, 1.807) is 26.2 Å². The maximum atomic E-state index is 13.7. The van der Waals surface area contributed by atoms with E-state index in [0.29, 0.717) is 30.5 Å². The maximum Gasteiger partial charge on any atom is 0.416 e. The van der Waals surface area contributed by atoms with Crippen molar-refractivity contribution in [2.24, 2.45) is 11.8 Å². The van der Waals surface area contributed by atoms with E-state index in [2.05, 4.69) is 9.97 Å². The lowest BCUT2D eigenvalue weighted by molar-refractivity contribution is -0.134. The zero-order valence-corrected chi connectivity index (χ0v) is 25.2. The summed E-state index contributed by atoms with van der Waals surface area (Å²) < 4.78 is 33.7. The van der Waals surface area contributed by atoms with Crippen molar-refractivity contribution < 1.29 is 22.7 Å². The van der Waals surface area contributed by atoms with Crippen molar-refractivity contribution in [3.63, 3.8) is 0 Å². The summed E-state index contributed by atoms with van der Waals surface area (Å²) in [6.45, 7) is 5.00. The highest BCUT2D eigenvalue weighted by Gasteiger charge is 2.43. The van der Waals surface area contributed by atoms with Crippen molar-refractivity contribution in [1.82, 2.24) is 19.2 Å². The Morgan fingerprint density at radius 3 is 2.24 bits per heavy atom. The molecule has 2 unspecified atom stereocenters. The van der Waals surface area contributed by atoms with Gasteiger partial charge in [0.1, 0.15) is 6.61 Å². The quantitative estimate of drug-likeness (QED) is 0.355. The second-order valence-corrected chi connectivity index (χ2v) is 13.4. The van der Waals surface area contributed by atoms with Crippen LogP contribution in [0.2, 0.25) is 5.02 Å². The van der Waals surface area contributed by atoms with Gasteiger partial charge in [-0.3, -0.25) is 4.79 Å². The summed E-state index contributed by atoms with van der Waals surface area (Å²) in [6, 6.07) is 16.5. The number of amides is 2.